The zero-order valence-electron chi connectivity index (χ0n) is 19.8. The van der Waals surface area contributed by atoms with Crippen LogP contribution in [0.2, 0.25) is 0 Å². The molecule has 2 aliphatic rings. The molecule has 192 valence electrons. The molecular weight excluding hydrogens is 517 g/mol. The average molecular weight is 547 g/mol. The van der Waals surface area contributed by atoms with Crippen LogP contribution in [0, 0.1) is 0 Å². The topological polar surface area (TPSA) is 111 Å². The Kier molecular flexibility index (Phi) is 8.19. The Bertz CT molecular complexity index is 977. The van der Waals surface area contributed by atoms with Gasteiger partial charge in [0, 0.05) is 12.5 Å². The molecule has 1 spiro atoms. The highest BCUT2D eigenvalue weighted by Crippen LogP contribution is 2.48. The van der Waals surface area contributed by atoms with E-state index < -0.39 is 51.2 Å². The van der Waals surface area contributed by atoms with E-state index in [-0.39, 0.29) is 0 Å². The number of ether oxygens (including phenoxy) is 2. The van der Waals surface area contributed by atoms with Gasteiger partial charge in [-0.05, 0) is 45.6 Å². The van der Waals surface area contributed by atoms with Crippen LogP contribution in [-0.2, 0) is 14.3 Å². The summed E-state index contributed by atoms with van der Waals surface area (Å²) in [5, 5.41) is 2.92. The zero-order chi connectivity index (χ0) is 26.0. The maximum atomic E-state index is 13.4. The van der Waals surface area contributed by atoms with Gasteiger partial charge in [-0.2, -0.15) is 0 Å². The van der Waals surface area contributed by atoms with E-state index >= 15 is 0 Å². The number of hydrogen-bond donors (Lipinski definition) is 2. The molecule has 1 fully saturated rings. The third-order valence-electron chi connectivity index (χ3n) is 6.13. The highest BCUT2D eigenvalue weighted by atomic mass is 35.6. The molecule has 4 atom stereocenters. The Labute approximate surface area is 220 Å². The molecule has 0 saturated carbocycles. The number of primary amides is 1. The molecule has 1 aliphatic carbocycles. The molecule has 1 aliphatic heterocycles. The lowest BCUT2D eigenvalue weighted by molar-refractivity contribution is -0.139. The van der Waals surface area contributed by atoms with Crippen LogP contribution in [0.25, 0.3) is 0 Å². The Hall–Kier alpha value is -2.16. The summed E-state index contributed by atoms with van der Waals surface area (Å²) < 4.78 is 8.59. The fraction of sp³-hybridized carbons (Fsp3) is 0.542. The molecule has 35 heavy (non-hydrogen) atoms. The van der Waals surface area contributed by atoms with E-state index in [1.54, 1.807) is 20.8 Å². The van der Waals surface area contributed by atoms with Crippen LogP contribution in [-0.4, -0.2) is 50.1 Å². The smallest absolute Gasteiger partial charge is 0.408 e. The highest BCUT2D eigenvalue weighted by molar-refractivity contribution is 6.76. The summed E-state index contributed by atoms with van der Waals surface area (Å²) in [7, 11) is 0. The second-order valence-corrected chi connectivity index (χ2v) is 12.0. The molecule has 3 amide bonds. The quantitative estimate of drug-likeness (QED) is 0.391. The van der Waals surface area contributed by atoms with Crippen LogP contribution >= 0.6 is 34.8 Å². The number of likely N-dealkylation sites (tertiary alicyclic amines) is 1. The first-order chi connectivity index (χ1) is 16.2. The average Bonchev–Trinajstić information content (AvgIpc) is 3.29. The summed E-state index contributed by atoms with van der Waals surface area (Å²) in [6.07, 6.45) is 3.06. The van der Waals surface area contributed by atoms with Crippen molar-refractivity contribution in [2.45, 2.75) is 79.6 Å². The largest absolute Gasteiger partial charge is 0.444 e. The number of nitrogens with zero attached hydrogens (tertiary/aromatic N) is 1. The fourth-order valence-corrected chi connectivity index (χ4v) is 5.14. The Balaban J connectivity index is 1.95. The van der Waals surface area contributed by atoms with Gasteiger partial charge in [0.1, 0.15) is 11.7 Å². The van der Waals surface area contributed by atoms with Gasteiger partial charge in [-0.1, -0.05) is 77.3 Å². The number of nitrogens with one attached hydrogen (secondary N) is 1. The number of alkyl carbamates (subject to hydrolysis) is 1. The van der Waals surface area contributed by atoms with Gasteiger partial charge in [0.2, 0.25) is 0 Å². The molecule has 1 saturated heterocycles. The first-order valence-electron chi connectivity index (χ1n) is 11.3. The van der Waals surface area contributed by atoms with Crippen molar-refractivity contribution in [3.8, 4) is 0 Å². The predicted octanol–water partition coefficient (Wildman–Crippen LogP) is 5.17. The number of hydrogen-bond acceptors (Lipinski definition) is 5. The van der Waals surface area contributed by atoms with Crippen molar-refractivity contribution in [2.24, 2.45) is 5.73 Å². The van der Waals surface area contributed by atoms with E-state index in [0.717, 1.165) is 5.56 Å². The molecule has 0 bridgehead atoms. The van der Waals surface area contributed by atoms with Crippen molar-refractivity contribution in [3.05, 3.63) is 48.0 Å². The molecule has 1 heterocycles. The predicted molar refractivity (Wildman–Crippen MR) is 134 cm³/mol. The van der Waals surface area contributed by atoms with Crippen LogP contribution in [0.1, 0.15) is 58.1 Å². The van der Waals surface area contributed by atoms with Gasteiger partial charge in [-0.25, -0.2) is 9.59 Å². The molecule has 11 heteroatoms. The van der Waals surface area contributed by atoms with Crippen molar-refractivity contribution < 1.29 is 23.9 Å². The van der Waals surface area contributed by atoms with Crippen LogP contribution in [0.5, 0.6) is 0 Å². The molecule has 1 aromatic carbocycles. The van der Waals surface area contributed by atoms with Crippen LogP contribution < -0.4 is 11.1 Å². The SMILES string of the molecule is CC(C)(C)OC(=O)NC(C[C@H]1CC[C@]2(C=CC[C@@H]2OC(N)=O)N1C(=O)C(Cl)(Cl)Cl)c1ccccc1. The summed E-state index contributed by atoms with van der Waals surface area (Å²) in [4.78, 5) is 39.1. The van der Waals surface area contributed by atoms with Crippen molar-refractivity contribution >= 4 is 52.9 Å². The number of benzene rings is 1. The van der Waals surface area contributed by atoms with Gasteiger partial charge in [-0.15, -0.1) is 0 Å². The molecule has 1 unspecified atom stereocenters. The number of rotatable bonds is 5. The number of carbonyl (C=O) groups is 3. The van der Waals surface area contributed by atoms with E-state index in [9.17, 15) is 14.4 Å². The molecule has 1 aromatic rings. The summed E-state index contributed by atoms with van der Waals surface area (Å²) in [6, 6.07) is 8.39. The van der Waals surface area contributed by atoms with E-state index in [2.05, 4.69) is 5.32 Å². The summed E-state index contributed by atoms with van der Waals surface area (Å²) in [6.45, 7) is 5.33. The van der Waals surface area contributed by atoms with Crippen molar-refractivity contribution in [1.29, 1.82) is 0 Å². The Morgan fingerprint density at radius 2 is 1.86 bits per heavy atom. The van der Waals surface area contributed by atoms with Crippen molar-refractivity contribution in [3.63, 3.8) is 0 Å². The minimum absolute atomic E-state index is 0.314. The van der Waals surface area contributed by atoms with E-state index in [1.165, 1.54) is 4.90 Å². The minimum atomic E-state index is -2.23. The van der Waals surface area contributed by atoms with E-state index in [1.807, 2.05) is 42.5 Å². The first kappa shape index (κ1) is 27.4. The molecule has 0 radical (unpaired) electrons. The molecular formula is C24H30Cl3N3O5. The number of halogens is 3. The zero-order valence-corrected chi connectivity index (χ0v) is 22.1. The van der Waals surface area contributed by atoms with Crippen molar-refractivity contribution in [2.75, 3.05) is 0 Å². The molecule has 3 N–H and O–H groups in total. The van der Waals surface area contributed by atoms with Crippen LogP contribution in [0.3, 0.4) is 0 Å². The third kappa shape index (κ3) is 6.54. The van der Waals surface area contributed by atoms with Gasteiger partial charge in [-0.3, -0.25) is 4.79 Å². The maximum absolute atomic E-state index is 13.4. The number of alkyl halides is 3. The lowest BCUT2D eigenvalue weighted by atomic mass is 9.92. The number of amides is 3. The fourth-order valence-electron chi connectivity index (χ4n) is 4.86. The molecule has 3 rings (SSSR count). The highest BCUT2D eigenvalue weighted by Gasteiger charge is 2.58. The van der Waals surface area contributed by atoms with Crippen LogP contribution in [0.15, 0.2) is 42.5 Å². The monoisotopic (exact) mass is 545 g/mol. The minimum Gasteiger partial charge on any atom is -0.444 e. The maximum Gasteiger partial charge on any atom is 0.408 e. The summed E-state index contributed by atoms with van der Waals surface area (Å²) in [5.74, 6) is -0.737. The third-order valence-corrected chi connectivity index (χ3v) is 6.61. The Morgan fingerprint density at radius 3 is 2.43 bits per heavy atom. The number of nitrogens with two attached hydrogens (primary N) is 1. The van der Waals surface area contributed by atoms with Gasteiger partial charge in [0.15, 0.2) is 0 Å². The summed E-state index contributed by atoms with van der Waals surface area (Å²) >= 11 is 18.1. The van der Waals surface area contributed by atoms with Gasteiger partial charge in [0.25, 0.3) is 9.70 Å². The van der Waals surface area contributed by atoms with Gasteiger partial charge < -0.3 is 25.4 Å². The molecule has 8 nitrogen and oxygen atoms in total. The normalized spacial score (nSPS) is 24.9. The summed E-state index contributed by atoms with van der Waals surface area (Å²) in [5.41, 5.74) is 4.43. The lowest BCUT2D eigenvalue weighted by Crippen LogP contribution is -2.59. The second-order valence-electron chi connectivity index (χ2n) is 9.77. The van der Waals surface area contributed by atoms with E-state index in [0.29, 0.717) is 25.7 Å². The first-order valence-corrected chi connectivity index (χ1v) is 12.4. The molecule has 0 aromatic heterocycles. The van der Waals surface area contributed by atoms with Crippen molar-refractivity contribution in [1.82, 2.24) is 10.2 Å². The lowest BCUT2D eigenvalue weighted by Gasteiger charge is -2.43. The second kappa shape index (κ2) is 10.4. The van der Waals surface area contributed by atoms with Gasteiger partial charge >= 0.3 is 12.2 Å². The number of carbonyl (C=O) groups excluding carboxylic acids is 3. The van der Waals surface area contributed by atoms with Crippen LogP contribution in [0.4, 0.5) is 9.59 Å². The van der Waals surface area contributed by atoms with E-state index in [4.69, 9.17) is 50.0 Å². The Morgan fingerprint density at radius 1 is 1.20 bits per heavy atom. The van der Waals surface area contributed by atoms with Gasteiger partial charge in [0.05, 0.1) is 11.6 Å². The standard InChI is InChI=1S/C24H30Cl3N3O5/c1-22(2,3)35-21(33)29-17(15-8-5-4-6-9-15)14-16-11-13-23(30(16)19(31)24(25,26)27)12-7-10-18(23)34-20(28)32/h4-9,12,16-18H,10-11,13-14H2,1-3H3,(H2,28,32)(H,29,33)/t16-,17?,18+,23+/m1/s1.